The molecule has 1 N–H and O–H groups in total. The van der Waals surface area contributed by atoms with E-state index in [0.717, 1.165) is 35.2 Å². The van der Waals surface area contributed by atoms with Crippen molar-refractivity contribution < 1.29 is 5.11 Å². The number of hydrogen-bond donors (Lipinski definition) is 1. The number of fused-ring (bicyclic) bond motifs is 1. The second-order valence-electron chi connectivity index (χ2n) is 8.08. The SMILES string of the molecule is CCc1nc2sc(C(c3cccc(C)c3)N3CC(C)CC(C)C3)c(O)n2n1. The van der Waals surface area contributed by atoms with Gasteiger partial charge in [0.25, 0.3) is 0 Å². The lowest BCUT2D eigenvalue weighted by Crippen LogP contribution is -2.41. The van der Waals surface area contributed by atoms with E-state index in [1.807, 2.05) is 6.92 Å². The Morgan fingerprint density at radius 1 is 1.26 bits per heavy atom. The van der Waals surface area contributed by atoms with Gasteiger partial charge in [0.05, 0.1) is 10.9 Å². The fourth-order valence-corrected chi connectivity index (χ4v) is 5.54. The number of hydrogen-bond acceptors (Lipinski definition) is 5. The predicted octanol–water partition coefficient (Wildman–Crippen LogP) is 4.43. The lowest BCUT2D eigenvalue weighted by Gasteiger charge is -2.40. The Morgan fingerprint density at radius 2 is 2.00 bits per heavy atom. The zero-order valence-electron chi connectivity index (χ0n) is 16.5. The molecule has 6 heteroatoms. The van der Waals surface area contributed by atoms with Crippen molar-refractivity contribution in [3.63, 3.8) is 0 Å². The molecular weight excluding hydrogens is 356 g/mol. The quantitative estimate of drug-likeness (QED) is 0.723. The van der Waals surface area contributed by atoms with Gasteiger partial charge in [-0.25, -0.2) is 4.98 Å². The van der Waals surface area contributed by atoms with E-state index in [0.29, 0.717) is 11.8 Å². The minimum Gasteiger partial charge on any atom is -0.492 e. The highest BCUT2D eigenvalue weighted by molar-refractivity contribution is 7.17. The summed E-state index contributed by atoms with van der Waals surface area (Å²) in [7, 11) is 0. The highest BCUT2D eigenvalue weighted by Crippen LogP contribution is 2.42. The van der Waals surface area contributed by atoms with Crippen molar-refractivity contribution in [1.82, 2.24) is 19.5 Å². The molecule has 144 valence electrons. The number of rotatable bonds is 4. The molecule has 0 radical (unpaired) electrons. The highest BCUT2D eigenvalue weighted by Gasteiger charge is 2.33. The maximum absolute atomic E-state index is 11.0. The van der Waals surface area contributed by atoms with Crippen LogP contribution in [0, 0.1) is 18.8 Å². The van der Waals surface area contributed by atoms with Crippen LogP contribution in [0.25, 0.3) is 4.96 Å². The van der Waals surface area contributed by atoms with Gasteiger partial charge in [-0.2, -0.15) is 4.52 Å². The van der Waals surface area contributed by atoms with Gasteiger partial charge in [-0.1, -0.05) is 61.9 Å². The number of aryl methyl sites for hydroxylation is 2. The maximum atomic E-state index is 11.0. The largest absolute Gasteiger partial charge is 0.492 e. The average molecular weight is 385 g/mol. The van der Waals surface area contributed by atoms with Crippen LogP contribution in [0.15, 0.2) is 24.3 Å². The van der Waals surface area contributed by atoms with Crippen molar-refractivity contribution in [3.8, 4) is 5.88 Å². The van der Waals surface area contributed by atoms with E-state index in [1.54, 1.807) is 15.9 Å². The summed E-state index contributed by atoms with van der Waals surface area (Å²) in [5.74, 6) is 2.31. The van der Waals surface area contributed by atoms with E-state index in [1.165, 1.54) is 17.5 Å². The van der Waals surface area contributed by atoms with Crippen LogP contribution in [-0.2, 0) is 6.42 Å². The number of aromatic nitrogens is 3. The van der Waals surface area contributed by atoms with Crippen LogP contribution < -0.4 is 0 Å². The van der Waals surface area contributed by atoms with Crippen LogP contribution in [0.4, 0.5) is 0 Å². The standard InChI is InChI=1S/C21H28N4OS/c1-5-17-22-21-25(23-17)20(26)19(27-21)18(16-8-6-7-13(2)10-16)24-11-14(3)9-15(4)12-24/h6-8,10,14-15,18,26H,5,9,11-12H2,1-4H3. The van der Waals surface area contributed by atoms with E-state index < -0.39 is 0 Å². The van der Waals surface area contributed by atoms with Gasteiger partial charge in [-0.3, -0.25) is 4.90 Å². The second kappa shape index (κ2) is 7.24. The average Bonchev–Trinajstić information content (AvgIpc) is 3.14. The molecule has 0 bridgehead atoms. The van der Waals surface area contributed by atoms with Crippen LogP contribution >= 0.6 is 11.3 Å². The highest BCUT2D eigenvalue weighted by atomic mass is 32.1. The van der Waals surface area contributed by atoms with E-state index in [2.05, 4.69) is 60.0 Å². The number of likely N-dealkylation sites (tertiary alicyclic amines) is 1. The third kappa shape index (κ3) is 3.48. The van der Waals surface area contributed by atoms with E-state index in [4.69, 9.17) is 0 Å². The monoisotopic (exact) mass is 384 g/mol. The molecule has 0 amide bonds. The molecule has 5 nitrogen and oxygen atoms in total. The Morgan fingerprint density at radius 3 is 2.63 bits per heavy atom. The minimum absolute atomic E-state index is 0.0358. The van der Waals surface area contributed by atoms with E-state index in [9.17, 15) is 5.11 Å². The minimum atomic E-state index is 0.0358. The summed E-state index contributed by atoms with van der Waals surface area (Å²) in [6, 6.07) is 8.68. The normalized spacial score (nSPS) is 22.4. The maximum Gasteiger partial charge on any atom is 0.230 e. The Labute approximate surface area is 164 Å². The second-order valence-corrected chi connectivity index (χ2v) is 9.09. The number of benzene rings is 1. The summed E-state index contributed by atoms with van der Waals surface area (Å²) in [6.07, 6.45) is 2.03. The van der Waals surface area contributed by atoms with Crippen LogP contribution in [0.1, 0.15) is 55.1 Å². The fraction of sp³-hybridized carbons (Fsp3) is 0.524. The van der Waals surface area contributed by atoms with Crippen LogP contribution in [0.5, 0.6) is 5.88 Å². The molecule has 1 fully saturated rings. The summed E-state index contributed by atoms with van der Waals surface area (Å²) in [5, 5.41) is 15.5. The molecule has 0 aliphatic carbocycles. The van der Waals surface area contributed by atoms with Crippen LogP contribution in [0.3, 0.4) is 0 Å². The Kier molecular flexibility index (Phi) is 4.95. The molecule has 3 unspecified atom stereocenters. The van der Waals surface area contributed by atoms with Gasteiger partial charge in [0, 0.05) is 19.5 Å². The molecule has 0 spiro atoms. The van der Waals surface area contributed by atoms with Crippen molar-refractivity contribution in [3.05, 3.63) is 46.1 Å². The molecule has 3 atom stereocenters. The van der Waals surface area contributed by atoms with Crippen LogP contribution in [0.2, 0.25) is 0 Å². The smallest absolute Gasteiger partial charge is 0.230 e. The lowest BCUT2D eigenvalue weighted by atomic mass is 9.89. The first-order chi connectivity index (χ1) is 13.0. The predicted molar refractivity (Wildman–Crippen MR) is 109 cm³/mol. The van der Waals surface area contributed by atoms with Gasteiger partial charge in [-0.15, -0.1) is 5.10 Å². The summed E-state index contributed by atoms with van der Waals surface area (Å²) in [6.45, 7) is 10.9. The zero-order chi connectivity index (χ0) is 19.1. The molecule has 3 heterocycles. The first-order valence-corrected chi connectivity index (χ1v) is 10.7. The molecule has 1 aliphatic heterocycles. The van der Waals surface area contributed by atoms with E-state index in [-0.39, 0.29) is 11.9 Å². The van der Waals surface area contributed by atoms with Crippen molar-refractivity contribution in [2.75, 3.05) is 13.1 Å². The third-order valence-electron chi connectivity index (χ3n) is 5.43. The molecule has 1 saturated heterocycles. The van der Waals surface area contributed by atoms with Gasteiger partial charge < -0.3 is 5.11 Å². The van der Waals surface area contributed by atoms with Gasteiger partial charge >= 0.3 is 0 Å². The molecule has 3 aromatic rings. The Bertz CT molecular complexity index is 937. The molecular formula is C21H28N4OS. The molecule has 1 aromatic carbocycles. The summed E-state index contributed by atoms with van der Waals surface area (Å²) < 4.78 is 1.61. The lowest BCUT2D eigenvalue weighted by molar-refractivity contribution is 0.112. The van der Waals surface area contributed by atoms with E-state index >= 15 is 0 Å². The molecule has 4 rings (SSSR count). The topological polar surface area (TPSA) is 53.7 Å². The fourth-order valence-electron chi connectivity index (χ4n) is 4.41. The first kappa shape index (κ1) is 18.4. The Balaban J connectivity index is 1.82. The van der Waals surface area contributed by atoms with Crippen molar-refractivity contribution in [1.29, 1.82) is 0 Å². The van der Waals surface area contributed by atoms with Crippen molar-refractivity contribution in [2.24, 2.45) is 11.8 Å². The Hall–Kier alpha value is -1.92. The molecule has 1 aliphatic rings. The molecule has 0 saturated carbocycles. The van der Waals surface area contributed by atoms with Gasteiger partial charge in [0.1, 0.15) is 0 Å². The number of piperidine rings is 1. The zero-order valence-corrected chi connectivity index (χ0v) is 17.3. The van der Waals surface area contributed by atoms with Crippen molar-refractivity contribution in [2.45, 2.75) is 46.6 Å². The van der Waals surface area contributed by atoms with Gasteiger partial charge in [-0.05, 0) is 30.7 Å². The van der Waals surface area contributed by atoms with Crippen molar-refractivity contribution >= 4 is 16.3 Å². The number of aromatic hydroxyl groups is 1. The third-order valence-corrected chi connectivity index (χ3v) is 6.50. The number of thiazole rings is 1. The first-order valence-electron chi connectivity index (χ1n) is 9.84. The number of nitrogens with zero attached hydrogens (tertiary/aromatic N) is 4. The molecule has 2 aromatic heterocycles. The molecule has 27 heavy (non-hydrogen) atoms. The van der Waals surface area contributed by atoms with Gasteiger partial charge in [0.2, 0.25) is 10.8 Å². The van der Waals surface area contributed by atoms with Crippen LogP contribution in [-0.4, -0.2) is 37.7 Å². The summed E-state index contributed by atoms with van der Waals surface area (Å²) in [4.78, 5) is 8.82. The summed E-state index contributed by atoms with van der Waals surface area (Å²) >= 11 is 1.56. The van der Waals surface area contributed by atoms with Gasteiger partial charge in [0.15, 0.2) is 5.82 Å². The summed E-state index contributed by atoms with van der Waals surface area (Å²) in [5.41, 5.74) is 2.47.